The van der Waals surface area contributed by atoms with E-state index in [1.54, 1.807) is 18.2 Å². The molecule has 0 aliphatic rings. The van der Waals surface area contributed by atoms with Gasteiger partial charge in [-0.25, -0.2) is 9.97 Å². The highest BCUT2D eigenvalue weighted by Gasteiger charge is 2.11. The highest BCUT2D eigenvalue weighted by Crippen LogP contribution is 2.29. The molecule has 2 aromatic carbocycles. The van der Waals surface area contributed by atoms with Crippen LogP contribution >= 0.6 is 23.2 Å². The molecule has 132 valence electrons. The number of halogens is 2. The number of anilines is 3. The van der Waals surface area contributed by atoms with Crippen molar-refractivity contribution in [2.45, 2.75) is 13.8 Å². The van der Waals surface area contributed by atoms with Gasteiger partial charge in [-0.1, -0.05) is 41.4 Å². The number of nitrogens with one attached hydrogen (secondary N) is 2. The first-order valence-corrected chi connectivity index (χ1v) is 8.61. The molecule has 0 atom stereocenters. The number of benzene rings is 2. The molecule has 0 radical (unpaired) electrons. The summed E-state index contributed by atoms with van der Waals surface area (Å²) >= 11 is 12.0. The molecule has 0 bridgehead atoms. The Morgan fingerprint density at radius 1 is 1.00 bits per heavy atom. The number of amides is 1. The number of hydrogen-bond acceptors (Lipinski definition) is 4. The smallest absolute Gasteiger partial charge is 0.258 e. The molecule has 26 heavy (non-hydrogen) atoms. The summed E-state index contributed by atoms with van der Waals surface area (Å²) in [6, 6.07) is 11.1. The fourth-order valence-corrected chi connectivity index (χ4v) is 2.64. The van der Waals surface area contributed by atoms with E-state index in [4.69, 9.17) is 23.2 Å². The van der Waals surface area contributed by atoms with E-state index in [9.17, 15) is 4.79 Å². The predicted octanol–water partition coefficient (Wildman–Crippen LogP) is 5.40. The van der Waals surface area contributed by atoms with E-state index in [1.807, 2.05) is 32.0 Å². The third-order valence-corrected chi connectivity index (χ3v) is 4.57. The van der Waals surface area contributed by atoms with Crippen LogP contribution in [-0.2, 0) is 0 Å². The second kappa shape index (κ2) is 7.72. The van der Waals surface area contributed by atoms with E-state index in [-0.39, 0.29) is 10.9 Å². The summed E-state index contributed by atoms with van der Waals surface area (Å²) in [6.07, 6.45) is 2.91. The van der Waals surface area contributed by atoms with Gasteiger partial charge in [-0.05, 0) is 43.2 Å². The van der Waals surface area contributed by atoms with Crippen molar-refractivity contribution in [1.29, 1.82) is 0 Å². The molecule has 0 saturated heterocycles. The topological polar surface area (TPSA) is 66.9 Å². The lowest BCUT2D eigenvalue weighted by atomic mass is 10.1. The number of carbonyl (C=O) groups is 1. The largest absolute Gasteiger partial charge is 0.324 e. The van der Waals surface area contributed by atoms with Crippen LogP contribution in [0.25, 0.3) is 0 Å². The first-order valence-electron chi connectivity index (χ1n) is 7.86. The van der Waals surface area contributed by atoms with Crippen molar-refractivity contribution in [3.8, 4) is 0 Å². The average molecular weight is 387 g/mol. The molecule has 0 aliphatic heterocycles. The summed E-state index contributed by atoms with van der Waals surface area (Å²) in [5, 5.41) is 6.51. The molecule has 0 spiro atoms. The van der Waals surface area contributed by atoms with Gasteiger partial charge in [0.25, 0.3) is 5.91 Å². The van der Waals surface area contributed by atoms with Crippen molar-refractivity contribution in [1.82, 2.24) is 9.97 Å². The summed E-state index contributed by atoms with van der Waals surface area (Å²) in [6.45, 7) is 4.01. The van der Waals surface area contributed by atoms with Crippen LogP contribution < -0.4 is 10.6 Å². The van der Waals surface area contributed by atoms with Crippen molar-refractivity contribution < 1.29 is 4.79 Å². The number of carbonyl (C=O) groups excluding carboxylic acids is 1. The molecule has 1 aromatic heterocycles. The van der Waals surface area contributed by atoms with Crippen LogP contribution in [0, 0.1) is 13.8 Å². The fourth-order valence-electron chi connectivity index (χ4n) is 2.30. The monoisotopic (exact) mass is 386 g/mol. The van der Waals surface area contributed by atoms with Gasteiger partial charge in [-0.3, -0.25) is 4.79 Å². The molecule has 1 heterocycles. The van der Waals surface area contributed by atoms with Gasteiger partial charge in [0.2, 0.25) is 5.95 Å². The number of rotatable bonds is 4. The van der Waals surface area contributed by atoms with Crippen LogP contribution in [0.2, 0.25) is 10.0 Å². The van der Waals surface area contributed by atoms with Crippen LogP contribution in [0.5, 0.6) is 0 Å². The minimum Gasteiger partial charge on any atom is -0.324 e. The standard InChI is InChI=1S/C19H16Cl2N4O/c1-11-6-7-12(2)16(8-11)25-19-22-9-13(10-23-19)18(26)24-15-5-3-4-14(20)17(15)21/h3-10H,1-2H3,(H,24,26)(H,22,23,25). The third-order valence-electron chi connectivity index (χ3n) is 3.75. The number of nitrogens with zero attached hydrogens (tertiary/aromatic N) is 2. The van der Waals surface area contributed by atoms with Crippen LogP contribution in [0.1, 0.15) is 21.5 Å². The van der Waals surface area contributed by atoms with E-state index >= 15 is 0 Å². The number of aromatic nitrogens is 2. The summed E-state index contributed by atoms with van der Waals surface area (Å²) < 4.78 is 0. The average Bonchev–Trinajstić information content (AvgIpc) is 2.62. The zero-order valence-corrected chi connectivity index (χ0v) is 15.7. The van der Waals surface area contributed by atoms with E-state index in [2.05, 4.69) is 20.6 Å². The van der Waals surface area contributed by atoms with Gasteiger partial charge in [0.1, 0.15) is 0 Å². The minimum atomic E-state index is -0.368. The lowest BCUT2D eigenvalue weighted by molar-refractivity contribution is 0.102. The van der Waals surface area contributed by atoms with Gasteiger partial charge in [0, 0.05) is 18.1 Å². The van der Waals surface area contributed by atoms with Crippen molar-refractivity contribution >= 4 is 46.4 Å². The second-order valence-corrected chi connectivity index (χ2v) is 6.58. The van der Waals surface area contributed by atoms with Crippen molar-refractivity contribution in [2.75, 3.05) is 10.6 Å². The second-order valence-electron chi connectivity index (χ2n) is 5.79. The van der Waals surface area contributed by atoms with Crippen LogP contribution in [0.4, 0.5) is 17.3 Å². The molecule has 0 saturated carbocycles. The summed E-state index contributed by atoms with van der Waals surface area (Å²) in [5.41, 5.74) is 3.88. The Morgan fingerprint density at radius 3 is 2.46 bits per heavy atom. The molecule has 0 unspecified atom stereocenters. The Kier molecular flexibility index (Phi) is 5.40. The van der Waals surface area contributed by atoms with Crippen LogP contribution in [-0.4, -0.2) is 15.9 Å². The minimum absolute atomic E-state index is 0.289. The van der Waals surface area contributed by atoms with E-state index in [1.165, 1.54) is 12.4 Å². The SMILES string of the molecule is Cc1ccc(C)c(Nc2ncc(C(=O)Nc3cccc(Cl)c3Cl)cn2)c1. The van der Waals surface area contributed by atoms with Gasteiger partial charge in [-0.2, -0.15) is 0 Å². The quantitative estimate of drug-likeness (QED) is 0.629. The van der Waals surface area contributed by atoms with E-state index in [0.29, 0.717) is 22.2 Å². The first kappa shape index (κ1) is 18.2. The molecule has 0 aliphatic carbocycles. The summed E-state index contributed by atoms with van der Waals surface area (Å²) in [5.74, 6) is 0.0449. The molecule has 1 amide bonds. The lowest BCUT2D eigenvalue weighted by Gasteiger charge is -2.10. The zero-order chi connectivity index (χ0) is 18.7. The third kappa shape index (κ3) is 4.12. The molecule has 3 rings (SSSR count). The van der Waals surface area contributed by atoms with Crippen molar-refractivity contribution in [3.05, 3.63) is 75.5 Å². The summed E-state index contributed by atoms with van der Waals surface area (Å²) in [7, 11) is 0. The van der Waals surface area contributed by atoms with Crippen LogP contribution in [0.3, 0.4) is 0 Å². The maximum absolute atomic E-state index is 12.3. The summed E-state index contributed by atoms with van der Waals surface area (Å²) in [4.78, 5) is 20.7. The molecule has 0 fully saturated rings. The van der Waals surface area contributed by atoms with Gasteiger partial charge >= 0.3 is 0 Å². The van der Waals surface area contributed by atoms with Crippen molar-refractivity contribution in [3.63, 3.8) is 0 Å². The highest BCUT2D eigenvalue weighted by molar-refractivity contribution is 6.44. The van der Waals surface area contributed by atoms with E-state index < -0.39 is 0 Å². The number of hydrogen-bond donors (Lipinski definition) is 2. The lowest BCUT2D eigenvalue weighted by Crippen LogP contribution is -2.13. The van der Waals surface area contributed by atoms with Crippen LogP contribution in [0.15, 0.2) is 48.8 Å². The maximum atomic E-state index is 12.3. The molecule has 2 N–H and O–H groups in total. The Bertz CT molecular complexity index is 958. The predicted molar refractivity (Wildman–Crippen MR) is 106 cm³/mol. The normalized spacial score (nSPS) is 10.5. The molecular weight excluding hydrogens is 371 g/mol. The zero-order valence-electron chi connectivity index (χ0n) is 14.2. The Morgan fingerprint density at radius 2 is 1.73 bits per heavy atom. The highest BCUT2D eigenvalue weighted by atomic mass is 35.5. The maximum Gasteiger partial charge on any atom is 0.258 e. The van der Waals surface area contributed by atoms with Gasteiger partial charge in [0.05, 0.1) is 21.3 Å². The Hall–Kier alpha value is -2.63. The number of aryl methyl sites for hydroxylation is 2. The Labute approximate surface area is 161 Å². The molecular formula is C19H16Cl2N4O. The first-order chi connectivity index (χ1) is 12.4. The molecule has 3 aromatic rings. The fraction of sp³-hybridized carbons (Fsp3) is 0.105. The van der Waals surface area contributed by atoms with Crippen molar-refractivity contribution in [2.24, 2.45) is 0 Å². The van der Waals surface area contributed by atoms with Gasteiger partial charge in [0.15, 0.2) is 0 Å². The Balaban J connectivity index is 1.73. The van der Waals surface area contributed by atoms with E-state index in [0.717, 1.165) is 16.8 Å². The van der Waals surface area contributed by atoms with Gasteiger partial charge < -0.3 is 10.6 Å². The molecule has 5 nitrogen and oxygen atoms in total. The molecule has 7 heteroatoms. The van der Waals surface area contributed by atoms with Gasteiger partial charge in [-0.15, -0.1) is 0 Å².